The molecule has 2 aliphatic rings. The summed E-state index contributed by atoms with van der Waals surface area (Å²) in [6.07, 6.45) is 4.82. The van der Waals surface area contributed by atoms with Crippen LogP contribution in [-0.4, -0.2) is 24.1 Å². The molecule has 1 fully saturated rings. The van der Waals surface area contributed by atoms with Crippen LogP contribution in [-0.2, 0) is 31.9 Å². The summed E-state index contributed by atoms with van der Waals surface area (Å²) in [5.74, 6) is 0.697. The first kappa shape index (κ1) is 19.7. The minimum atomic E-state index is -0.442. The van der Waals surface area contributed by atoms with Crippen molar-refractivity contribution in [1.29, 1.82) is 0 Å². The molecular formula is C22H30O5. The van der Waals surface area contributed by atoms with Crippen molar-refractivity contribution < 1.29 is 23.5 Å². The van der Waals surface area contributed by atoms with Crippen LogP contribution in [0.5, 0.6) is 0 Å². The normalized spacial score (nSPS) is 32.1. The number of carbonyl (C=O) groups is 2. The van der Waals surface area contributed by atoms with E-state index in [1.807, 2.05) is 20.1 Å². The molecule has 0 bridgehead atoms. The molecule has 5 atom stereocenters. The summed E-state index contributed by atoms with van der Waals surface area (Å²) in [7, 11) is 0. The summed E-state index contributed by atoms with van der Waals surface area (Å²) in [6.45, 7) is 11.6. The van der Waals surface area contributed by atoms with Crippen molar-refractivity contribution in [2.24, 2.45) is 17.3 Å². The molecule has 0 N–H and O–H groups in total. The second-order valence-electron chi connectivity index (χ2n) is 8.70. The van der Waals surface area contributed by atoms with Crippen molar-refractivity contribution in [1.82, 2.24) is 0 Å². The minimum Gasteiger partial charge on any atom is -0.469 e. The van der Waals surface area contributed by atoms with E-state index in [-0.39, 0.29) is 23.3 Å². The Hall–Kier alpha value is -2.04. The van der Waals surface area contributed by atoms with E-state index in [4.69, 9.17) is 13.9 Å². The van der Waals surface area contributed by atoms with Crippen molar-refractivity contribution in [3.05, 3.63) is 34.8 Å². The van der Waals surface area contributed by atoms with Crippen molar-refractivity contribution >= 4 is 11.9 Å². The van der Waals surface area contributed by atoms with Gasteiger partial charge >= 0.3 is 11.9 Å². The molecule has 2 aliphatic carbocycles. The Balaban J connectivity index is 1.92. The first-order valence-electron chi connectivity index (χ1n) is 9.70. The molecule has 27 heavy (non-hydrogen) atoms. The predicted molar refractivity (Wildman–Crippen MR) is 101 cm³/mol. The lowest BCUT2D eigenvalue weighted by atomic mass is 9.54. The largest absolute Gasteiger partial charge is 0.469 e. The molecule has 3 rings (SSSR count). The molecule has 1 heterocycles. The number of ether oxygens (including phenoxy) is 2. The highest BCUT2D eigenvalue weighted by atomic mass is 16.6. The Morgan fingerprint density at radius 1 is 1.26 bits per heavy atom. The summed E-state index contributed by atoms with van der Waals surface area (Å²) in [5.41, 5.74) is 3.30. The third kappa shape index (κ3) is 3.69. The summed E-state index contributed by atoms with van der Waals surface area (Å²) in [5, 5.41) is 0. The van der Waals surface area contributed by atoms with E-state index < -0.39 is 12.2 Å². The topological polar surface area (TPSA) is 65.7 Å². The van der Waals surface area contributed by atoms with E-state index in [9.17, 15) is 9.59 Å². The highest BCUT2D eigenvalue weighted by Crippen LogP contribution is 2.54. The van der Waals surface area contributed by atoms with Gasteiger partial charge in [0.05, 0.1) is 6.26 Å². The van der Waals surface area contributed by atoms with Gasteiger partial charge in [0, 0.05) is 25.3 Å². The fourth-order valence-corrected chi connectivity index (χ4v) is 4.81. The van der Waals surface area contributed by atoms with E-state index >= 15 is 0 Å². The molecule has 5 unspecified atom stereocenters. The average molecular weight is 374 g/mol. The monoisotopic (exact) mass is 374 g/mol. The number of furan rings is 1. The predicted octanol–water partition coefficient (Wildman–Crippen LogP) is 4.16. The summed E-state index contributed by atoms with van der Waals surface area (Å²) in [6, 6.07) is 0. The third-order valence-corrected chi connectivity index (χ3v) is 6.51. The number of aryl methyl sites for hydroxylation is 1. The Labute approximate surface area is 161 Å². The lowest BCUT2D eigenvalue weighted by Crippen LogP contribution is -2.56. The molecule has 0 aromatic carbocycles. The van der Waals surface area contributed by atoms with Gasteiger partial charge in [-0.2, -0.15) is 0 Å². The number of hydrogen-bond acceptors (Lipinski definition) is 5. The third-order valence-electron chi connectivity index (χ3n) is 6.51. The van der Waals surface area contributed by atoms with Gasteiger partial charge in [-0.3, -0.25) is 4.79 Å². The fraction of sp³-hybridized carbons (Fsp3) is 0.636. The Kier molecular flexibility index (Phi) is 5.24. The van der Waals surface area contributed by atoms with Gasteiger partial charge in [0.2, 0.25) is 0 Å². The summed E-state index contributed by atoms with van der Waals surface area (Å²) in [4.78, 5) is 24.0. The van der Waals surface area contributed by atoms with Crippen LogP contribution < -0.4 is 0 Å². The maximum atomic E-state index is 12.2. The molecule has 0 aliphatic heterocycles. The van der Waals surface area contributed by atoms with Crippen molar-refractivity contribution in [2.45, 2.75) is 73.0 Å². The van der Waals surface area contributed by atoms with Crippen LogP contribution in [0.3, 0.4) is 0 Å². The molecule has 0 saturated heterocycles. The van der Waals surface area contributed by atoms with Gasteiger partial charge in [-0.15, -0.1) is 0 Å². The highest BCUT2D eigenvalue weighted by molar-refractivity contribution is 5.82. The quantitative estimate of drug-likeness (QED) is 0.587. The van der Waals surface area contributed by atoms with Crippen LogP contribution >= 0.6 is 0 Å². The zero-order valence-electron chi connectivity index (χ0n) is 17.1. The van der Waals surface area contributed by atoms with Gasteiger partial charge in [-0.25, -0.2) is 4.79 Å². The van der Waals surface area contributed by atoms with Gasteiger partial charge in [0.15, 0.2) is 0 Å². The van der Waals surface area contributed by atoms with Gasteiger partial charge < -0.3 is 13.9 Å². The Bertz CT molecular complexity index is 770. The van der Waals surface area contributed by atoms with Gasteiger partial charge in [0.1, 0.15) is 18.0 Å². The summed E-state index contributed by atoms with van der Waals surface area (Å²) >= 11 is 0. The molecule has 0 radical (unpaired) electrons. The lowest BCUT2D eigenvalue weighted by molar-refractivity contribution is -0.189. The SMILES string of the molecule is CC(=O)OC1C(OC(=O)C=C(C)C)CC2Cc3occ(C)c3CC2(C)C1C. The molecule has 0 spiro atoms. The smallest absolute Gasteiger partial charge is 0.331 e. The van der Waals surface area contributed by atoms with Crippen LogP contribution in [0, 0.1) is 24.2 Å². The number of carbonyl (C=O) groups excluding carboxylic acids is 2. The molecule has 0 amide bonds. The number of allylic oxidation sites excluding steroid dienone is 1. The number of hydrogen-bond donors (Lipinski definition) is 0. The molecule has 148 valence electrons. The zero-order valence-corrected chi connectivity index (χ0v) is 17.1. The molecule has 5 nitrogen and oxygen atoms in total. The minimum absolute atomic E-state index is 0.0405. The fourth-order valence-electron chi connectivity index (χ4n) is 4.81. The van der Waals surface area contributed by atoms with E-state index in [1.54, 1.807) is 0 Å². The number of fused-ring (bicyclic) bond motifs is 2. The molecule has 1 aromatic heterocycles. The molecule has 1 aromatic rings. The van der Waals surface area contributed by atoms with Crippen LogP contribution in [0.15, 0.2) is 22.3 Å². The van der Waals surface area contributed by atoms with Crippen LogP contribution in [0.25, 0.3) is 0 Å². The number of rotatable bonds is 3. The first-order valence-corrected chi connectivity index (χ1v) is 9.70. The maximum Gasteiger partial charge on any atom is 0.331 e. The van der Waals surface area contributed by atoms with E-state index in [0.717, 1.165) is 24.2 Å². The Morgan fingerprint density at radius 2 is 1.96 bits per heavy atom. The van der Waals surface area contributed by atoms with Crippen LogP contribution in [0.1, 0.15) is 57.9 Å². The van der Waals surface area contributed by atoms with Crippen LogP contribution in [0.4, 0.5) is 0 Å². The lowest BCUT2D eigenvalue weighted by Gasteiger charge is -2.53. The molecule has 1 saturated carbocycles. The standard InChI is InChI=1S/C22H30O5/c1-12(2)7-20(24)27-19-9-16-8-18-17(13(3)11-25-18)10-22(16,6)14(4)21(19)26-15(5)23/h7,11,14,16,19,21H,8-10H2,1-6H3. The second-order valence-corrected chi connectivity index (χ2v) is 8.70. The van der Waals surface area contributed by atoms with E-state index in [0.29, 0.717) is 12.3 Å². The Morgan fingerprint density at radius 3 is 2.59 bits per heavy atom. The zero-order chi connectivity index (χ0) is 19.9. The van der Waals surface area contributed by atoms with E-state index in [2.05, 4.69) is 20.8 Å². The molecular weight excluding hydrogens is 344 g/mol. The van der Waals surface area contributed by atoms with Gasteiger partial charge in [-0.1, -0.05) is 19.4 Å². The maximum absolute atomic E-state index is 12.2. The second kappa shape index (κ2) is 7.17. The van der Waals surface area contributed by atoms with Crippen molar-refractivity contribution in [2.75, 3.05) is 0 Å². The van der Waals surface area contributed by atoms with Gasteiger partial charge in [-0.05, 0) is 56.1 Å². The van der Waals surface area contributed by atoms with Crippen molar-refractivity contribution in [3.63, 3.8) is 0 Å². The van der Waals surface area contributed by atoms with Crippen LogP contribution in [0.2, 0.25) is 0 Å². The van der Waals surface area contributed by atoms with E-state index in [1.165, 1.54) is 24.1 Å². The number of esters is 2. The van der Waals surface area contributed by atoms with Gasteiger partial charge in [0.25, 0.3) is 0 Å². The first-order chi connectivity index (χ1) is 12.6. The summed E-state index contributed by atoms with van der Waals surface area (Å²) < 4.78 is 17.2. The highest BCUT2D eigenvalue weighted by Gasteiger charge is 2.55. The van der Waals surface area contributed by atoms with Crippen molar-refractivity contribution in [3.8, 4) is 0 Å². The average Bonchev–Trinajstić information content (AvgIpc) is 2.89. The molecule has 5 heteroatoms.